The second-order valence-corrected chi connectivity index (χ2v) is 8.45. The van der Waals surface area contributed by atoms with Crippen molar-refractivity contribution in [1.82, 2.24) is 19.9 Å². The number of aromatic nitrogens is 3. The van der Waals surface area contributed by atoms with Gasteiger partial charge in [-0.05, 0) is 51.2 Å². The SMILES string of the molecule is Cc1cc2nc(C)c(CCC(=O)NCC3(c4ccccc4)CCCC3)c(C)n2n1. The quantitative estimate of drug-likeness (QED) is 0.686. The Morgan fingerprint density at radius 2 is 1.86 bits per heavy atom. The van der Waals surface area contributed by atoms with Gasteiger partial charge in [0.2, 0.25) is 5.91 Å². The fourth-order valence-electron chi connectivity index (χ4n) is 4.81. The van der Waals surface area contributed by atoms with E-state index in [0.29, 0.717) is 12.8 Å². The van der Waals surface area contributed by atoms with Gasteiger partial charge < -0.3 is 5.32 Å². The van der Waals surface area contributed by atoms with Gasteiger partial charge in [-0.15, -0.1) is 0 Å². The van der Waals surface area contributed by atoms with Crippen LogP contribution in [0.15, 0.2) is 36.4 Å². The summed E-state index contributed by atoms with van der Waals surface area (Å²) in [5.74, 6) is 0.114. The molecule has 1 aromatic carbocycles. The molecule has 3 aromatic rings. The summed E-state index contributed by atoms with van der Waals surface area (Å²) >= 11 is 0. The van der Waals surface area contributed by atoms with Crippen LogP contribution in [0.5, 0.6) is 0 Å². The molecule has 0 atom stereocenters. The molecule has 0 saturated heterocycles. The van der Waals surface area contributed by atoms with E-state index in [2.05, 4.69) is 52.7 Å². The van der Waals surface area contributed by atoms with Gasteiger partial charge in [-0.2, -0.15) is 5.10 Å². The summed E-state index contributed by atoms with van der Waals surface area (Å²) in [5.41, 5.74) is 6.46. The Hall–Kier alpha value is -2.69. The third kappa shape index (κ3) is 3.91. The van der Waals surface area contributed by atoms with Crippen molar-refractivity contribution < 1.29 is 4.79 Å². The van der Waals surface area contributed by atoms with E-state index in [-0.39, 0.29) is 11.3 Å². The van der Waals surface area contributed by atoms with Gasteiger partial charge in [0, 0.05) is 35.8 Å². The third-order valence-electron chi connectivity index (χ3n) is 6.46. The van der Waals surface area contributed by atoms with Crippen molar-refractivity contribution in [3.8, 4) is 0 Å². The zero-order valence-electron chi connectivity index (χ0n) is 17.7. The first-order chi connectivity index (χ1) is 14.0. The molecule has 1 N–H and O–H groups in total. The number of benzene rings is 1. The third-order valence-corrected chi connectivity index (χ3v) is 6.46. The highest BCUT2D eigenvalue weighted by atomic mass is 16.1. The van der Waals surface area contributed by atoms with Crippen LogP contribution in [0.1, 0.15) is 60.3 Å². The topological polar surface area (TPSA) is 59.3 Å². The Bertz CT molecular complexity index is 1020. The van der Waals surface area contributed by atoms with Crippen molar-refractivity contribution >= 4 is 11.6 Å². The van der Waals surface area contributed by atoms with Crippen LogP contribution >= 0.6 is 0 Å². The number of amides is 1. The molecule has 0 unspecified atom stereocenters. The van der Waals surface area contributed by atoms with E-state index in [1.807, 2.05) is 24.4 Å². The van der Waals surface area contributed by atoms with Gasteiger partial charge in [-0.1, -0.05) is 43.2 Å². The average molecular weight is 391 g/mol. The lowest BCUT2D eigenvalue weighted by atomic mass is 9.79. The van der Waals surface area contributed by atoms with Gasteiger partial charge in [-0.3, -0.25) is 4.79 Å². The minimum absolute atomic E-state index is 0.0931. The van der Waals surface area contributed by atoms with Crippen molar-refractivity contribution in [2.45, 2.75) is 64.7 Å². The lowest BCUT2D eigenvalue weighted by Crippen LogP contribution is -2.39. The van der Waals surface area contributed by atoms with Crippen LogP contribution in [0.3, 0.4) is 0 Å². The maximum atomic E-state index is 12.7. The molecule has 5 nitrogen and oxygen atoms in total. The standard InChI is InChI=1S/C24H30N4O/c1-17-15-22-26-18(2)21(19(3)28(22)27-17)11-12-23(29)25-16-24(13-7-8-14-24)20-9-5-4-6-10-20/h4-6,9-10,15H,7-8,11-14,16H2,1-3H3,(H,25,29). The van der Waals surface area contributed by atoms with Gasteiger partial charge in [0.15, 0.2) is 5.65 Å². The molecule has 1 aliphatic carbocycles. The van der Waals surface area contributed by atoms with Crippen LogP contribution < -0.4 is 5.32 Å². The van der Waals surface area contributed by atoms with Crippen molar-refractivity contribution in [2.24, 2.45) is 0 Å². The number of rotatable bonds is 6. The Morgan fingerprint density at radius 3 is 2.59 bits per heavy atom. The number of hydrogen-bond acceptors (Lipinski definition) is 3. The molecule has 2 aromatic heterocycles. The molecule has 1 fully saturated rings. The monoisotopic (exact) mass is 390 g/mol. The van der Waals surface area contributed by atoms with Crippen molar-refractivity contribution in [2.75, 3.05) is 6.54 Å². The lowest BCUT2D eigenvalue weighted by Gasteiger charge is -2.30. The largest absolute Gasteiger partial charge is 0.355 e. The first-order valence-corrected chi connectivity index (χ1v) is 10.6. The normalized spacial score (nSPS) is 15.7. The Balaban J connectivity index is 1.42. The van der Waals surface area contributed by atoms with Crippen LogP contribution in [-0.4, -0.2) is 27.0 Å². The van der Waals surface area contributed by atoms with Gasteiger partial charge >= 0.3 is 0 Å². The number of fused-ring (bicyclic) bond motifs is 1. The van der Waals surface area contributed by atoms with Crippen LogP contribution in [0.4, 0.5) is 0 Å². The van der Waals surface area contributed by atoms with Crippen molar-refractivity contribution in [1.29, 1.82) is 0 Å². The molecule has 4 rings (SSSR count). The van der Waals surface area contributed by atoms with Crippen LogP contribution in [-0.2, 0) is 16.6 Å². The van der Waals surface area contributed by atoms with E-state index in [1.165, 1.54) is 18.4 Å². The highest BCUT2D eigenvalue weighted by molar-refractivity contribution is 5.76. The fourth-order valence-corrected chi connectivity index (χ4v) is 4.81. The number of carbonyl (C=O) groups excluding carboxylic acids is 1. The first kappa shape index (κ1) is 19.6. The molecular weight excluding hydrogens is 360 g/mol. The molecule has 2 heterocycles. The van der Waals surface area contributed by atoms with E-state index in [1.54, 1.807) is 0 Å². The summed E-state index contributed by atoms with van der Waals surface area (Å²) in [6, 6.07) is 12.7. The van der Waals surface area contributed by atoms with Crippen LogP contribution in [0.25, 0.3) is 5.65 Å². The summed E-state index contributed by atoms with van der Waals surface area (Å²) < 4.78 is 1.89. The molecule has 0 aliphatic heterocycles. The Kier molecular flexibility index (Phi) is 5.39. The maximum absolute atomic E-state index is 12.7. The van der Waals surface area contributed by atoms with Gasteiger partial charge in [0.05, 0.1) is 5.69 Å². The Labute approximate surface area is 172 Å². The number of aryl methyl sites for hydroxylation is 3. The molecule has 29 heavy (non-hydrogen) atoms. The maximum Gasteiger partial charge on any atom is 0.220 e. The molecule has 1 saturated carbocycles. The number of hydrogen-bond donors (Lipinski definition) is 1. The molecule has 0 bridgehead atoms. The molecular formula is C24H30N4O. The van der Waals surface area contributed by atoms with Crippen molar-refractivity contribution in [3.63, 3.8) is 0 Å². The van der Waals surface area contributed by atoms with E-state index in [4.69, 9.17) is 0 Å². The minimum Gasteiger partial charge on any atom is -0.355 e. The summed E-state index contributed by atoms with van der Waals surface area (Å²) in [6.07, 6.45) is 5.92. The van der Waals surface area contributed by atoms with Crippen LogP contribution in [0.2, 0.25) is 0 Å². The highest BCUT2D eigenvalue weighted by Crippen LogP contribution is 2.40. The average Bonchev–Trinajstić information content (AvgIpc) is 3.34. The lowest BCUT2D eigenvalue weighted by molar-refractivity contribution is -0.121. The molecule has 0 radical (unpaired) electrons. The zero-order valence-corrected chi connectivity index (χ0v) is 17.7. The fraction of sp³-hybridized carbons (Fsp3) is 0.458. The van der Waals surface area contributed by atoms with Gasteiger partial charge in [0.25, 0.3) is 0 Å². The van der Waals surface area contributed by atoms with E-state index >= 15 is 0 Å². The first-order valence-electron chi connectivity index (χ1n) is 10.6. The predicted molar refractivity (Wildman–Crippen MR) is 115 cm³/mol. The summed E-state index contributed by atoms with van der Waals surface area (Å²) in [5, 5.41) is 7.76. The molecule has 5 heteroatoms. The zero-order chi connectivity index (χ0) is 20.4. The van der Waals surface area contributed by atoms with E-state index in [0.717, 1.165) is 47.7 Å². The smallest absolute Gasteiger partial charge is 0.220 e. The molecule has 1 aliphatic rings. The summed E-state index contributed by atoms with van der Waals surface area (Å²) in [4.78, 5) is 17.3. The predicted octanol–water partition coefficient (Wildman–Crippen LogP) is 4.22. The number of nitrogens with zero attached hydrogens (tertiary/aromatic N) is 3. The summed E-state index contributed by atoms with van der Waals surface area (Å²) in [7, 11) is 0. The van der Waals surface area contributed by atoms with Gasteiger partial charge in [-0.25, -0.2) is 9.50 Å². The van der Waals surface area contributed by atoms with Crippen LogP contribution in [0, 0.1) is 20.8 Å². The summed E-state index contributed by atoms with van der Waals surface area (Å²) in [6.45, 7) is 6.78. The molecule has 152 valence electrons. The second kappa shape index (κ2) is 7.97. The molecule has 0 spiro atoms. The molecule has 1 amide bonds. The minimum atomic E-state index is 0.0931. The number of carbonyl (C=O) groups is 1. The highest BCUT2D eigenvalue weighted by Gasteiger charge is 2.35. The number of nitrogens with one attached hydrogen (secondary N) is 1. The van der Waals surface area contributed by atoms with E-state index < -0.39 is 0 Å². The van der Waals surface area contributed by atoms with E-state index in [9.17, 15) is 4.79 Å². The Morgan fingerprint density at radius 1 is 1.14 bits per heavy atom. The van der Waals surface area contributed by atoms with Crippen molar-refractivity contribution in [3.05, 3.63) is 64.6 Å². The second-order valence-electron chi connectivity index (χ2n) is 8.45. The van der Waals surface area contributed by atoms with Gasteiger partial charge in [0.1, 0.15) is 0 Å².